The van der Waals surface area contributed by atoms with Crippen molar-refractivity contribution in [3.05, 3.63) is 59.8 Å². The monoisotopic (exact) mass is 379 g/mol. The first-order valence-electron chi connectivity index (χ1n) is 8.62. The summed E-state index contributed by atoms with van der Waals surface area (Å²) in [5, 5.41) is 18.9. The van der Waals surface area contributed by atoms with Gasteiger partial charge >= 0.3 is 0 Å². The standard InChI is InChI=1S/C19H18FN7O/c1-19(2,28)15-8-3-5-11(22-15)9-27-10-14(25-26-27)17-12-6-4-7-13(20)16(12)23-18(21)24-17/h3-8,10,28H,9H2,1-2H3,(H2,21,23,24). The van der Waals surface area contributed by atoms with E-state index in [1.165, 1.54) is 6.07 Å². The highest BCUT2D eigenvalue weighted by atomic mass is 19.1. The van der Waals surface area contributed by atoms with Crippen LogP contribution in [-0.4, -0.2) is 35.1 Å². The molecular weight excluding hydrogens is 361 g/mol. The Labute approximate surface area is 159 Å². The van der Waals surface area contributed by atoms with E-state index >= 15 is 0 Å². The minimum Gasteiger partial charge on any atom is -0.384 e. The normalized spacial score (nSPS) is 11.9. The van der Waals surface area contributed by atoms with Gasteiger partial charge in [0.2, 0.25) is 5.95 Å². The van der Waals surface area contributed by atoms with Gasteiger partial charge in [-0.2, -0.15) is 0 Å². The SMILES string of the molecule is CC(C)(O)c1cccc(Cn2cc(-c3nc(N)nc4c(F)cccc34)nn2)n1. The molecule has 0 radical (unpaired) electrons. The second kappa shape index (κ2) is 6.61. The van der Waals surface area contributed by atoms with E-state index in [4.69, 9.17) is 5.73 Å². The number of aromatic nitrogens is 6. The third-order valence-electron chi connectivity index (χ3n) is 4.23. The molecule has 0 aliphatic heterocycles. The van der Waals surface area contributed by atoms with Gasteiger partial charge in [-0.25, -0.2) is 19.0 Å². The molecule has 0 saturated heterocycles. The molecule has 1 aromatic carbocycles. The summed E-state index contributed by atoms with van der Waals surface area (Å²) in [6, 6.07) is 10.0. The predicted molar refractivity (Wildman–Crippen MR) is 102 cm³/mol. The fraction of sp³-hybridized carbons (Fsp3) is 0.211. The van der Waals surface area contributed by atoms with Gasteiger partial charge in [0.15, 0.2) is 0 Å². The minimum absolute atomic E-state index is 0.0401. The molecule has 0 fully saturated rings. The molecule has 142 valence electrons. The van der Waals surface area contributed by atoms with E-state index in [9.17, 15) is 9.50 Å². The maximum Gasteiger partial charge on any atom is 0.221 e. The molecule has 0 amide bonds. The van der Waals surface area contributed by atoms with Gasteiger partial charge in [0.1, 0.15) is 28.3 Å². The molecular formula is C19H18FN7O. The number of hydrogen-bond acceptors (Lipinski definition) is 7. The molecule has 0 aliphatic carbocycles. The maximum atomic E-state index is 14.1. The van der Waals surface area contributed by atoms with Crippen molar-refractivity contribution >= 4 is 16.9 Å². The van der Waals surface area contributed by atoms with E-state index in [0.717, 1.165) is 0 Å². The van der Waals surface area contributed by atoms with Gasteiger partial charge in [-0.05, 0) is 32.0 Å². The number of anilines is 1. The molecule has 28 heavy (non-hydrogen) atoms. The minimum atomic E-state index is -1.04. The van der Waals surface area contributed by atoms with Crippen molar-refractivity contribution < 1.29 is 9.50 Å². The lowest BCUT2D eigenvalue weighted by Gasteiger charge is -2.17. The van der Waals surface area contributed by atoms with Crippen LogP contribution in [0, 0.1) is 5.82 Å². The summed E-state index contributed by atoms with van der Waals surface area (Å²) in [5.74, 6) is -0.519. The molecule has 4 aromatic rings. The van der Waals surface area contributed by atoms with Crippen LogP contribution in [0.3, 0.4) is 0 Å². The molecule has 0 atom stereocenters. The van der Waals surface area contributed by atoms with Crippen LogP contribution >= 0.6 is 0 Å². The molecule has 0 spiro atoms. The van der Waals surface area contributed by atoms with E-state index in [1.807, 2.05) is 12.1 Å². The van der Waals surface area contributed by atoms with Crippen molar-refractivity contribution in [2.75, 3.05) is 5.73 Å². The first-order chi connectivity index (χ1) is 13.3. The van der Waals surface area contributed by atoms with Gasteiger partial charge in [0.05, 0.1) is 24.1 Å². The second-order valence-electron chi connectivity index (χ2n) is 6.94. The lowest BCUT2D eigenvalue weighted by Crippen LogP contribution is -2.18. The molecule has 3 aromatic heterocycles. The first-order valence-corrected chi connectivity index (χ1v) is 8.62. The Bertz CT molecular complexity index is 1170. The van der Waals surface area contributed by atoms with E-state index in [-0.39, 0.29) is 11.5 Å². The van der Waals surface area contributed by atoms with E-state index < -0.39 is 11.4 Å². The quantitative estimate of drug-likeness (QED) is 0.559. The van der Waals surface area contributed by atoms with Crippen LogP contribution in [0.25, 0.3) is 22.3 Å². The molecule has 9 heteroatoms. The highest BCUT2D eigenvalue weighted by Gasteiger charge is 2.18. The number of rotatable bonds is 4. The molecule has 8 nitrogen and oxygen atoms in total. The summed E-state index contributed by atoms with van der Waals surface area (Å²) in [7, 11) is 0. The fourth-order valence-electron chi connectivity index (χ4n) is 2.89. The van der Waals surface area contributed by atoms with E-state index in [2.05, 4.69) is 25.3 Å². The predicted octanol–water partition coefficient (Wildman–Crippen LogP) is 2.28. The summed E-state index contributed by atoms with van der Waals surface area (Å²) >= 11 is 0. The van der Waals surface area contributed by atoms with Crippen molar-refractivity contribution in [3.63, 3.8) is 0 Å². The van der Waals surface area contributed by atoms with Gasteiger partial charge in [-0.1, -0.05) is 23.4 Å². The summed E-state index contributed by atoms with van der Waals surface area (Å²) in [6.45, 7) is 3.71. The Hall–Kier alpha value is -3.46. The summed E-state index contributed by atoms with van der Waals surface area (Å²) in [5.41, 5.74) is 6.98. The number of pyridine rings is 1. The number of aliphatic hydroxyl groups is 1. The average Bonchev–Trinajstić information content (AvgIpc) is 3.10. The average molecular weight is 379 g/mol. The summed E-state index contributed by atoms with van der Waals surface area (Å²) < 4.78 is 15.7. The lowest BCUT2D eigenvalue weighted by molar-refractivity contribution is 0.0736. The van der Waals surface area contributed by atoms with Crippen molar-refractivity contribution in [2.45, 2.75) is 26.0 Å². The molecule has 0 aliphatic rings. The molecule has 3 N–H and O–H groups in total. The number of nitrogens with zero attached hydrogens (tertiary/aromatic N) is 6. The number of fused-ring (bicyclic) bond motifs is 1. The van der Waals surface area contributed by atoms with Crippen LogP contribution in [0.2, 0.25) is 0 Å². The van der Waals surface area contributed by atoms with Gasteiger partial charge in [0.25, 0.3) is 0 Å². The Kier molecular flexibility index (Phi) is 4.23. The number of para-hydroxylation sites is 1. The molecule has 0 bridgehead atoms. The highest BCUT2D eigenvalue weighted by Crippen LogP contribution is 2.26. The largest absolute Gasteiger partial charge is 0.384 e. The first kappa shape index (κ1) is 17.9. The van der Waals surface area contributed by atoms with Crippen molar-refractivity contribution in [1.29, 1.82) is 0 Å². The Morgan fingerprint density at radius 1 is 1.11 bits per heavy atom. The third kappa shape index (κ3) is 3.39. The second-order valence-corrected chi connectivity index (χ2v) is 6.94. The van der Waals surface area contributed by atoms with Gasteiger partial charge in [-0.3, -0.25) is 4.98 Å². The van der Waals surface area contributed by atoms with E-state index in [1.54, 1.807) is 42.9 Å². The zero-order valence-corrected chi connectivity index (χ0v) is 15.3. The van der Waals surface area contributed by atoms with Crippen molar-refractivity contribution in [1.82, 2.24) is 29.9 Å². The summed E-state index contributed by atoms with van der Waals surface area (Å²) in [6.07, 6.45) is 1.69. The van der Waals surface area contributed by atoms with Crippen LogP contribution in [0.5, 0.6) is 0 Å². The Morgan fingerprint density at radius 3 is 2.68 bits per heavy atom. The van der Waals surface area contributed by atoms with Crippen LogP contribution in [0.15, 0.2) is 42.6 Å². The topological polar surface area (TPSA) is 116 Å². The van der Waals surface area contributed by atoms with Gasteiger partial charge in [0, 0.05) is 5.39 Å². The maximum absolute atomic E-state index is 14.1. The van der Waals surface area contributed by atoms with Crippen LogP contribution in [-0.2, 0) is 12.1 Å². The number of benzene rings is 1. The number of halogens is 1. The number of nitrogen functional groups attached to an aromatic ring is 1. The zero-order chi connectivity index (χ0) is 19.9. The van der Waals surface area contributed by atoms with Crippen LogP contribution in [0.1, 0.15) is 25.2 Å². The van der Waals surface area contributed by atoms with Crippen LogP contribution < -0.4 is 5.73 Å². The molecule has 3 heterocycles. The molecule has 0 saturated carbocycles. The van der Waals surface area contributed by atoms with Gasteiger partial charge in [-0.15, -0.1) is 5.10 Å². The zero-order valence-electron chi connectivity index (χ0n) is 15.3. The van der Waals surface area contributed by atoms with Gasteiger partial charge < -0.3 is 10.8 Å². The number of hydrogen-bond donors (Lipinski definition) is 2. The van der Waals surface area contributed by atoms with Crippen LogP contribution in [0.4, 0.5) is 10.3 Å². The van der Waals surface area contributed by atoms with Crippen molar-refractivity contribution in [2.24, 2.45) is 0 Å². The number of nitrogens with two attached hydrogens (primary N) is 1. The smallest absolute Gasteiger partial charge is 0.221 e. The molecule has 4 rings (SSSR count). The Morgan fingerprint density at radius 2 is 1.89 bits per heavy atom. The third-order valence-corrected chi connectivity index (χ3v) is 4.23. The fourth-order valence-corrected chi connectivity index (χ4v) is 2.89. The highest BCUT2D eigenvalue weighted by molar-refractivity contribution is 5.92. The van der Waals surface area contributed by atoms with Crippen molar-refractivity contribution in [3.8, 4) is 11.4 Å². The lowest BCUT2D eigenvalue weighted by atomic mass is 10.0. The molecule has 0 unspecified atom stereocenters. The Balaban J connectivity index is 1.70. The van der Waals surface area contributed by atoms with E-state index in [0.29, 0.717) is 34.7 Å². The summed E-state index contributed by atoms with van der Waals surface area (Å²) in [4.78, 5) is 12.6.